The molecule has 2 aromatic rings. The molecule has 6 nitrogen and oxygen atoms in total. The van der Waals surface area contributed by atoms with Gasteiger partial charge in [0, 0.05) is 5.69 Å². The van der Waals surface area contributed by atoms with Gasteiger partial charge in [0.25, 0.3) is 0 Å². The molecule has 0 spiro atoms. The van der Waals surface area contributed by atoms with Gasteiger partial charge in [0.2, 0.25) is 15.9 Å². The molecule has 6 rings (SSSR count). The van der Waals surface area contributed by atoms with Crippen LogP contribution in [0.25, 0.3) is 0 Å². The minimum atomic E-state index is -3.64. The summed E-state index contributed by atoms with van der Waals surface area (Å²) < 4.78 is 44.7. The van der Waals surface area contributed by atoms with Crippen LogP contribution < -0.4 is 14.8 Å². The number of nitrogens with one attached hydrogen (secondary N) is 2. The molecule has 2 aromatic carbocycles. The Balaban J connectivity index is 1.42. The summed E-state index contributed by atoms with van der Waals surface area (Å²) >= 11 is 0. The first kappa shape index (κ1) is 22.2. The van der Waals surface area contributed by atoms with Gasteiger partial charge in [0.05, 0.1) is 24.5 Å². The van der Waals surface area contributed by atoms with Crippen molar-refractivity contribution in [2.24, 2.45) is 17.3 Å². The van der Waals surface area contributed by atoms with E-state index in [0.717, 1.165) is 44.1 Å². The number of hydrogen-bond acceptors (Lipinski definition) is 4. The van der Waals surface area contributed by atoms with Gasteiger partial charge in [-0.15, -0.1) is 0 Å². The van der Waals surface area contributed by atoms with E-state index in [1.165, 1.54) is 30.2 Å². The molecule has 176 valence electrons. The highest BCUT2D eigenvalue weighted by atomic mass is 32.2. The number of anilines is 2. The lowest BCUT2D eigenvalue weighted by Gasteiger charge is -2.61. The zero-order valence-electron chi connectivity index (χ0n) is 18.9. The van der Waals surface area contributed by atoms with Crippen molar-refractivity contribution in [3.05, 3.63) is 53.8 Å². The van der Waals surface area contributed by atoms with Gasteiger partial charge in [-0.1, -0.05) is 12.1 Å². The minimum Gasteiger partial charge on any atom is -0.497 e. The standard InChI is InChI=1S/C25H29FN2O4S/c1-32-20-6-3-18(4-7-20)24-11-16-9-17(12-24)14-25(13-16,15-24)23(29)27-19-5-8-21(26)22(10-19)28-33(2,30)31/h3-8,10,16-17,28H,9,11-15H2,1-2H3,(H,27,29)/t16-,17-,24?,25?/m1/s1. The summed E-state index contributed by atoms with van der Waals surface area (Å²) in [6.07, 6.45) is 6.86. The summed E-state index contributed by atoms with van der Waals surface area (Å²) in [7, 11) is -1.98. The van der Waals surface area contributed by atoms with Crippen molar-refractivity contribution in [1.29, 1.82) is 0 Å². The number of rotatable bonds is 6. The van der Waals surface area contributed by atoms with Crippen LogP contribution in [0, 0.1) is 23.1 Å². The number of benzene rings is 2. The van der Waals surface area contributed by atoms with Gasteiger partial charge in [0.1, 0.15) is 11.6 Å². The number of hydrogen-bond donors (Lipinski definition) is 2. The molecule has 8 heteroatoms. The molecule has 4 fully saturated rings. The fraction of sp³-hybridized carbons (Fsp3) is 0.480. The maximum absolute atomic E-state index is 14.1. The predicted octanol–water partition coefficient (Wildman–Crippen LogP) is 4.68. The summed E-state index contributed by atoms with van der Waals surface area (Å²) in [6, 6.07) is 12.3. The fourth-order valence-corrected chi connectivity index (χ4v) is 7.51. The maximum atomic E-state index is 14.1. The molecule has 4 bridgehead atoms. The number of carbonyl (C=O) groups excluding carboxylic acids is 1. The Morgan fingerprint density at radius 3 is 2.33 bits per heavy atom. The van der Waals surface area contributed by atoms with Gasteiger partial charge in [-0.2, -0.15) is 0 Å². The van der Waals surface area contributed by atoms with Crippen molar-refractivity contribution in [3.63, 3.8) is 0 Å². The van der Waals surface area contributed by atoms with E-state index < -0.39 is 21.3 Å². The average Bonchev–Trinajstić information content (AvgIpc) is 2.74. The van der Waals surface area contributed by atoms with Crippen molar-refractivity contribution < 1.29 is 22.3 Å². The zero-order chi connectivity index (χ0) is 23.4. The van der Waals surface area contributed by atoms with Crippen molar-refractivity contribution in [2.75, 3.05) is 23.4 Å². The highest BCUT2D eigenvalue weighted by molar-refractivity contribution is 7.92. The topological polar surface area (TPSA) is 84.5 Å². The maximum Gasteiger partial charge on any atom is 0.230 e. The van der Waals surface area contributed by atoms with Crippen LogP contribution in [0.15, 0.2) is 42.5 Å². The van der Waals surface area contributed by atoms with E-state index in [1.807, 2.05) is 12.1 Å². The fourth-order valence-electron chi connectivity index (χ4n) is 6.96. The first-order valence-electron chi connectivity index (χ1n) is 11.3. The molecule has 4 aliphatic carbocycles. The molecule has 0 heterocycles. The molecular formula is C25H29FN2O4S. The van der Waals surface area contributed by atoms with Crippen LogP contribution in [0.1, 0.15) is 44.1 Å². The van der Waals surface area contributed by atoms with Gasteiger partial charge in [-0.3, -0.25) is 9.52 Å². The van der Waals surface area contributed by atoms with Gasteiger partial charge in [-0.25, -0.2) is 12.8 Å². The second-order valence-electron chi connectivity index (χ2n) is 10.3. The molecule has 0 unspecified atom stereocenters. The first-order valence-corrected chi connectivity index (χ1v) is 13.2. The predicted molar refractivity (Wildman–Crippen MR) is 125 cm³/mol. The Morgan fingerprint density at radius 1 is 1.06 bits per heavy atom. The smallest absolute Gasteiger partial charge is 0.230 e. The Labute approximate surface area is 194 Å². The van der Waals surface area contributed by atoms with Crippen molar-refractivity contribution in [1.82, 2.24) is 0 Å². The zero-order valence-corrected chi connectivity index (χ0v) is 19.7. The third kappa shape index (κ3) is 4.09. The van der Waals surface area contributed by atoms with Crippen LogP contribution in [0.4, 0.5) is 15.8 Å². The van der Waals surface area contributed by atoms with Crippen LogP contribution in [0.3, 0.4) is 0 Å². The number of methoxy groups -OCH3 is 1. The minimum absolute atomic E-state index is 0.0144. The van der Waals surface area contributed by atoms with Crippen LogP contribution in [0.5, 0.6) is 5.75 Å². The van der Waals surface area contributed by atoms with E-state index in [1.54, 1.807) is 7.11 Å². The molecule has 4 saturated carbocycles. The van der Waals surface area contributed by atoms with E-state index in [9.17, 15) is 17.6 Å². The first-order chi connectivity index (χ1) is 15.6. The molecule has 0 aliphatic heterocycles. The van der Waals surface area contributed by atoms with Gasteiger partial charge in [0.15, 0.2) is 0 Å². The van der Waals surface area contributed by atoms with Crippen molar-refractivity contribution >= 4 is 27.3 Å². The third-order valence-electron chi connectivity index (χ3n) is 7.76. The number of ether oxygens (including phenoxy) is 1. The third-order valence-corrected chi connectivity index (χ3v) is 8.36. The van der Waals surface area contributed by atoms with Crippen LogP contribution in [-0.2, 0) is 20.2 Å². The second-order valence-corrected chi connectivity index (χ2v) is 12.0. The summed E-state index contributed by atoms with van der Waals surface area (Å²) in [6.45, 7) is 0. The van der Waals surface area contributed by atoms with Crippen LogP contribution in [0.2, 0.25) is 0 Å². The Kier molecular flexibility index (Phi) is 5.19. The van der Waals surface area contributed by atoms with Crippen molar-refractivity contribution in [3.8, 4) is 5.75 Å². The molecule has 33 heavy (non-hydrogen) atoms. The molecule has 1 amide bonds. The number of amides is 1. The molecule has 2 N–H and O–H groups in total. The lowest BCUT2D eigenvalue weighted by molar-refractivity contribution is -0.143. The van der Waals surface area contributed by atoms with Crippen LogP contribution in [-0.4, -0.2) is 27.7 Å². The van der Waals surface area contributed by atoms with E-state index in [4.69, 9.17) is 4.74 Å². The number of carbonyl (C=O) groups is 1. The Morgan fingerprint density at radius 2 is 1.73 bits per heavy atom. The monoisotopic (exact) mass is 472 g/mol. The highest BCUT2D eigenvalue weighted by Gasteiger charge is 2.60. The van der Waals surface area contributed by atoms with E-state index >= 15 is 0 Å². The quantitative estimate of drug-likeness (QED) is 0.639. The van der Waals surface area contributed by atoms with Gasteiger partial charge >= 0.3 is 0 Å². The number of halogens is 1. The molecule has 0 radical (unpaired) electrons. The van der Waals surface area contributed by atoms with E-state index in [2.05, 4.69) is 22.2 Å². The van der Waals surface area contributed by atoms with Gasteiger partial charge < -0.3 is 10.1 Å². The Hall–Kier alpha value is -2.61. The normalized spacial score (nSPS) is 30.2. The number of sulfonamides is 1. The summed E-state index contributed by atoms with van der Waals surface area (Å²) in [4.78, 5) is 13.7. The van der Waals surface area contributed by atoms with E-state index in [-0.39, 0.29) is 17.0 Å². The van der Waals surface area contributed by atoms with Crippen LogP contribution >= 0.6 is 0 Å². The highest BCUT2D eigenvalue weighted by Crippen LogP contribution is 2.66. The molecule has 0 saturated heterocycles. The average molecular weight is 473 g/mol. The molecule has 4 aliphatic rings. The molecule has 2 atom stereocenters. The molecule has 0 aromatic heterocycles. The van der Waals surface area contributed by atoms with E-state index in [0.29, 0.717) is 17.5 Å². The summed E-state index contributed by atoms with van der Waals surface area (Å²) in [5, 5.41) is 2.98. The largest absolute Gasteiger partial charge is 0.497 e. The lowest BCUT2D eigenvalue weighted by atomic mass is 9.42. The SMILES string of the molecule is COc1ccc(C23C[C@H]4C[C@@H](CC(C(=O)Nc5ccc(F)c(NS(C)(=O)=O)c5)(C4)C2)C3)cc1. The Bertz CT molecular complexity index is 1180. The summed E-state index contributed by atoms with van der Waals surface area (Å²) in [5.41, 5.74) is 1.01. The molecular weight excluding hydrogens is 443 g/mol. The van der Waals surface area contributed by atoms with Crippen molar-refractivity contribution in [2.45, 2.75) is 43.9 Å². The van der Waals surface area contributed by atoms with Gasteiger partial charge in [-0.05, 0) is 91.7 Å². The second kappa shape index (κ2) is 7.72. The summed E-state index contributed by atoms with van der Waals surface area (Å²) in [5.74, 6) is 1.11. The lowest BCUT2D eigenvalue weighted by Crippen LogP contribution is -2.57.